The predicted molar refractivity (Wildman–Crippen MR) is 76.8 cm³/mol. The summed E-state index contributed by atoms with van der Waals surface area (Å²) in [5.41, 5.74) is 0.505. The molecule has 0 aromatic rings. The van der Waals surface area contributed by atoms with Crippen molar-refractivity contribution in [1.82, 2.24) is 10.2 Å². The van der Waals surface area contributed by atoms with Crippen LogP contribution in [0.4, 0.5) is 0 Å². The first-order chi connectivity index (χ1) is 8.86. The van der Waals surface area contributed by atoms with Crippen molar-refractivity contribution in [3.63, 3.8) is 0 Å². The van der Waals surface area contributed by atoms with Crippen molar-refractivity contribution in [2.45, 2.75) is 69.7 Å². The second kappa shape index (κ2) is 5.92. The number of piperazine rings is 1. The van der Waals surface area contributed by atoms with Gasteiger partial charge in [-0.05, 0) is 31.6 Å². The third-order valence-corrected chi connectivity index (χ3v) is 5.51. The topological polar surface area (TPSA) is 15.3 Å². The SMILES string of the molecule is C1CCC(CN2CCNC3(CCCCC3)C2)CC1. The van der Waals surface area contributed by atoms with Crippen LogP contribution in [0.1, 0.15) is 64.2 Å². The Kier molecular flexibility index (Phi) is 4.25. The van der Waals surface area contributed by atoms with Gasteiger partial charge in [0.2, 0.25) is 0 Å². The van der Waals surface area contributed by atoms with Gasteiger partial charge >= 0.3 is 0 Å². The molecule has 3 fully saturated rings. The van der Waals surface area contributed by atoms with Crippen molar-refractivity contribution in [3.05, 3.63) is 0 Å². The Labute approximate surface area is 113 Å². The molecule has 0 amide bonds. The Morgan fingerprint density at radius 2 is 1.67 bits per heavy atom. The molecular weight excluding hydrogens is 220 g/mol. The van der Waals surface area contributed by atoms with Gasteiger partial charge in [-0.3, -0.25) is 4.90 Å². The smallest absolute Gasteiger partial charge is 0.0309 e. The Balaban J connectivity index is 1.52. The van der Waals surface area contributed by atoms with Gasteiger partial charge in [-0.1, -0.05) is 38.5 Å². The molecule has 0 aromatic heterocycles. The summed E-state index contributed by atoms with van der Waals surface area (Å²) in [6.07, 6.45) is 14.7. The number of hydrogen-bond donors (Lipinski definition) is 1. The fraction of sp³-hybridized carbons (Fsp3) is 1.00. The van der Waals surface area contributed by atoms with Crippen molar-refractivity contribution < 1.29 is 0 Å². The molecule has 1 heterocycles. The largest absolute Gasteiger partial charge is 0.309 e. The lowest BCUT2D eigenvalue weighted by Crippen LogP contribution is -2.61. The Bertz CT molecular complexity index is 246. The average Bonchev–Trinajstić information content (AvgIpc) is 2.41. The summed E-state index contributed by atoms with van der Waals surface area (Å²) in [4.78, 5) is 2.79. The van der Waals surface area contributed by atoms with Crippen LogP contribution >= 0.6 is 0 Å². The van der Waals surface area contributed by atoms with Gasteiger partial charge in [0.15, 0.2) is 0 Å². The minimum Gasteiger partial charge on any atom is -0.309 e. The third kappa shape index (κ3) is 3.08. The van der Waals surface area contributed by atoms with Crippen LogP contribution in [-0.2, 0) is 0 Å². The quantitative estimate of drug-likeness (QED) is 0.810. The number of rotatable bonds is 2. The fourth-order valence-electron chi connectivity index (χ4n) is 4.50. The minimum atomic E-state index is 0.505. The zero-order valence-corrected chi connectivity index (χ0v) is 11.9. The van der Waals surface area contributed by atoms with E-state index < -0.39 is 0 Å². The summed E-state index contributed by atoms with van der Waals surface area (Å²) >= 11 is 0. The first kappa shape index (κ1) is 12.9. The van der Waals surface area contributed by atoms with Gasteiger partial charge < -0.3 is 5.32 Å². The van der Waals surface area contributed by atoms with Crippen LogP contribution in [-0.4, -0.2) is 36.6 Å². The van der Waals surface area contributed by atoms with E-state index in [0.29, 0.717) is 5.54 Å². The number of nitrogens with zero attached hydrogens (tertiary/aromatic N) is 1. The van der Waals surface area contributed by atoms with Crippen LogP contribution in [0.3, 0.4) is 0 Å². The lowest BCUT2D eigenvalue weighted by Gasteiger charge is -2.47. The standard InChI is InChI=1S/C16H30N2/c1-3-7-15(8-4-1)13-18-12-11-17-16(14-18)9-5-2-6-10-16/h15,17H,1-14H2. The maximum absolute atomic E-state index is 3.86. The van der Waals surface area contributed by atoms with E-state index in [1.807, 2.05) is 0 Å². The van der Waals surface area contributed by atoms with E-state index in [0.717, 1.165) is 5.92 Å². The molecule has 2 saturated carbocycles. The van der Waals surface area contributed by atoms with Crippen molar-refractivity contribution in [2.75, 3.05) is 26.2 Å². The van der Waals surface area contributed by atoms with Gasteiger partial charge in [0.1, 0.15) is 0 Å². The molecule has 1 saturated heterocycles. The zero-order chi connectivity index (χ0) is 12.3. The molecule has 0 atom stereocenters. The minimum absolute atomic E-state index is 0.505. The molecule has 2 nitrogen and oxygen atoms in total. The molecule has 1 N–H and O–H groups in total. The molecular formula is C16H30N2. The summed E-state index contributed by atoms with van der Waals surface area (Å²) in [7, 11) is 0. The monoisotopic (exact) mass is 250 g/mol. The second-order valence-electron chi connectivity index (χ2n) is 7.01. The molecule has 3 rings (SSSR count). The average molecular weight is 250 g/mol. The van der Waals surface area contributed by atoms with Crippen molar-refractivity contribution in [2.24, 2.45) is 5.92 Å². The molecule has 0 radical (unpaired) electrons. The highest BCUT2D eigenvalue weighted by Gasteiger charge is 2.36. The molecule has 0 aromatic carbocycles. The molecule has 0 unspecified atom stereocenters. The molecule has 2 aliphatic carbocycles. The van der Waals surface area contributed by atoms with Crippen molar-refractivity contribution in [3.8, 4) is 0 Å². The highest BCUT2D eigenvalue weighted by atomic mass is 15.2. The summed E-state index contributed by atoms with van der Waals surface area (Å²) in [5, 5.41) is 3.86. The van der Waals surface area contributed by atoms with Gasteiger partial charge in [-0.15, -0.1) is 0 Å². The molecule has 104 valence electrons. The van der Waals surface area contributed by atoms with E-state index >= 15 is 0 Å². The van der Waals surface area contributed by atoms with Crippen LogP contribution in [0, 0.1) is 5.92 Å². The van der Waals surface area contributed by atoms with Crippen molar-refractivity contribution >= 4 is 0 Å². The third-order valence-electron chi connectivity index (χ3n) is 5.51. The molecule has 1 spiro atoms. The van der Waals surface area contributed by atoms with Crippen LogP contribution in [0.2, 0.25) is 0 Å². The molecule has 18 heavy (non-hydrogen) atoms. The van der Waals surface area contributed by atoms with Crippen molar-refractivity contribution in [1.29, 1.82) is 0 Å². The van der Waals surface area contributed by atoms with Gasteiger partial charge in [-0.2, -0.15) is 0 Å². The summed E-state index contributed by atoms with van der Waals surface area (Å²) in [5.74, 6) is 1.01. The van der Waals surface area contributed by atoms with E-state index in [2.05, 4.69) is 10.2 Å². The Morgan fingerprint density at radius 3 is 2.44 bits per heavy atom. The number of nitrogens with one attached hydrogen (secondary N) is 1. The summed E-state index contributed by atoms with van der Waals surface area (Å²) in [6, 6.07) is 0. The fourth-order valence-corrected chi connectivity index (χ4v) is 4.50. The lowest BCUT2D eigenvalue weighted by molar-refractivity contribution is 0.0815. The lowest BCUT2D eigenvalue weighted by atomic mass is 9.79. The van der Waals surface area contributed by atoms with Crippen LogP contribution < -0.4 is 5.32 Å². The molecule has 0 bridgehead atoms. The van der Waals surface area contributed by atoms with Gasteiger partial charge in [-0.25, -0.2) is 0 Å². The first-order valence-corrected chi connectivity index (χ1v) is 8.34. The van der Waals surface area contributed by atoms with E-state index in [4.69, 9.17) is 0 Å². The van der Waals surface area contributed by atoms with Gasteiger partial charge in [0, 0.05) is 31.7 Å². The first-order valence-electron chi connectivity index (χ1n) is 8.34. The maximum Gasteiger partial charge on any atom is 0.0309 e. The van der Waals surface area contributed by atoms with E-state index in [-0.39, 0.29) is 0 Å². The highest BCUT2D eigenvalue weighted by molar-refractivity contribution is 4.96. The molecule has 1 aliphatic heterocycles. The van der Waals surface area contributed by atoms with Crippen LogP contribution in [0.5, 0.6) is 0 Å². The summed E-state index contributed by atoms with van der Waals surface area (Å²) in [6.45, 7) is 5.25. The van der Waals surface area contributed by atoms with E-state index in [1.165, 1.54) is 90.4 Å². The zero-order valence-electron chi connectivity index (χ0n) is 11.9. The van der Waals surface area contributed by atoms with Gasteiger partial charge in [0.25, 0.3) is 0 Å². The van der Waals surface area contributed by atoms with Crippen LogP contribution in [0.25, 0.3) is 0 Å². The predicted octanol–water partition coefficient (Wildman–Crippen LogP) is 3.17. The normalized spacial score (nSPS) is 30.7. The maximum atomic E-state index is 3.86. The van der Waals surface area contributed by atoms with E-state index in [9.17, 15) is 0 Å². The second-order valence-corrected chi connectivity index (χ2v) is 7.01. The van der Waals surface area contributed by atoms with Crippen LogP contribution in [0.15, 0.2) is 0 Å². The Morgan fingerprint density at radius 1 is 0.944 bits per heavy atom. The van der Waals surface area contributed by atoms with E-state index in [1.54, 1.807) is 0 Å². The highest BCUT2D eigenvalue weighted by Crippen LogP contribution is 2.32. The molecule has 2 heteroatoms. The Hall–Kier alpha value is -0.0800. The number of hydrogen-bond acceptors (Lipinski definition) is 2. The summed E-state index contributed by atoms with van der Waals surface area (Å²) < 4.78 is 0. The van der Waals surface area contributed by atoms with Gasteiger partial charge in [0.05, 0.1) is 0 Å². The molecule has 3 aliphatic rings.